The lowest BCUT2D eigenvalue weighted by atomic mass is 10.2. The van der Waals surface area contributed by atoms with Crippen LogP contribution in [0.4, 0.5) is 11.4 Å². The Kier molecular flexibility index (Phi) is 6.33. The van der Waals surface area contributed by atoms with Gasteiger partial charge >= 0.3 is 0 Å². The lowest BCUT2D eigenvalue weighted by Gasteiger charge is -2.11. The second kappa shape index (κ2) is 8.72. The first-order valence-electron chi connectivity index (χ1n) is 8.25. The summed E-state index contributed by atoms with van der Waals surface area (Å²) < 4.78 is 28.7. The van der Waals surface area contributed by atoms with Crippen molar-refractivity contribution in [2.24, 2.45) is 0 Å². The zero-order chi connectivity index (χ0) is 20.1. The third kappa shape index (κ3) is 5.31. The quantitative estimate of drug-likeness (QED) is 0.475. The van der Waals surface area contributed by atoms with E-state index in [-0.39, 0.29) is 10.8 Å². The molecule has 0 aliphatic heterocycles. The Morgan fingerprint density at radius 1 is 1.11 bits per heavy atom. The lowest BCUT2D eigenvalue weighted by molar-refractivity contribution is -0.111. The highest BCUT2D eigenvalue weighted by atomic mass is 79.9. The summed E-state index contributed by atoms with van der Waals surface area (Å²) in [4.78, 5) is 13.1. The molecule has 8 heteroatoms. The standard InChI is InChI=1S/C20H17BrN2O3S2/c1-14-7-9-18(21)19(12-14)23-28(25,26)17-6-2-4-15(13-17)22-20(24)10-8-16-5-3-11-27-16/h2-13,23H,1H3,(H,22,24)/b10-8+. The second-order valence-corrected chi connectivity index (χ2v) is 9.47. The van der Waals surface area contributed by atoms with E-state index >= 15 is 0 Å². The van der Waals surface area contributed by atoms with E-state index in [4.69, 9.17) is 0 Å². The Bertz CT molecular complexity index is 1120. The lowest BCUT2D eigenvalue weighted by Crippen LogP contribution is -2.14. The van der Waals surface area contributed by atoms with Crippen molar-refractivity contribution >= 4 is 60.6 Å². The molecule has 0 unspecified atom stereocenters. The Morgan fingerprint density at radius 3 is 2.68 bits per heavy atom. The molecule has 0 saturated heterocycles. The Hall–Kier alpha value is -2.42. The monoisotopic (exact) mass is 476 g/mol. The van der Waals surface area contributed by atoms with Crippen molar-refractivity contribution < 1.29 is 13.2 Å². The number of halogens is 1. The molecule has 0 atom stereocenters. The van der Waals surface area contributed by atoms with Gasteiger partial charge in [-0.25, -0.2) is 8.42 Å². The molecule has 0 fully saturated rings. The number of sulfonamides is 1. The van der Waals surface area contributed by atoms with Gasteiger partial charge in [0.2, 0.25) is 5.91 Å². The summed E-state index contributed by atoms with van der Waals surface area (Å²) >= 11 is 4.87. The minimum Gasteiger partial charge on any atom is -0.322 e. The number of rotatable bonds is 6. The van der Waals surface area contributed by atoms with Gasteiger partial charge in [-0.2, -0.15) is 0 Å². The highest BCUT2D eigenvalue weighted by Crippen LogP contribution is 2.27. The molecule has 0 spiro atoms. The number of thiophene rings is 1. The molecular weight excluding hydrogens is 460 g/mol. The van der Waals surface area contributed by atoms with Crippen LogP contribution in [0.2, 0.25) is 0 Å². The molecule has 3 aromatic rings. The van der Waals surface area contributed by atoms with E-state index in [1.165, 1.54) is 29.5 Å². The fraction of sp³-hybridized carbons (Fsp3) is 0.0500. The highest BCUT2D eigenvalue weighted by molar-refractivity contribution is 9.10. The van der Waals surface area contributed by atoms with Crippen molar-refractivity contribution in [2.75, 3.05) is 10.0 Å². The topological polar surface area (TPSA) is 75.3 Å². The van der Waals surface area contributed by atoms with Crippen molar-refractivity contribution in [2.45, 2.75) is 11.8 Å². The van der Waals surface area contributed by atoms with Gasteiger partial charge in [-0.05, 0) is 76.3 Å². The third-order valence-electron chi connectivity index (χ3n) is 3.72. The number of nitrogens with one attached hydrogen (secondary N) is 2. The maximum absolute atomic E-state index is 12.7. The molecule has 5 nitrogen and oxygen atoms in total. The highest BCUT2D eigenvalue weighted by Gasteiger charge is 2.16. The average molecular weight is 477 g/mol. The number of aryl methyl sites for hydroxylation is 1. The van der Waals surface area contributed by atoms with Gasteiger partial charge in [0.15, 0.2) is 0 Å². The van der Waals surface area contributed by atoms with Crippen molar-refractivity contribution in [1.82, 2.24) is 0 Å². The summed E-state index contributed by atoms with van der Waals surface area (Å²) in [5.41, 5.74) is 1.78. The van der Waals surface area contributed by atoms with E-state index in [1.807, 2.05) is 30.5 Å². The fourth-order valence-electron chi connectivity index (χ4n) is 2.39. The molecule has 1 heterocycles. The third-order valence-corrected chi connectivity index (χ3v) is 6.61. The van der Waals surface area contributed by atoms with Crippen molar-refractivity contribution in [3.8, 4) is 0 Å². The van der Waals surface area contributed by atoms with Gasteiger partial charge in [0.05, 0.1) is 10.6 Å². The van der Waals surface area contributed by atoms with Crippen LogP contribution >= 0.6 is 27.3 Å². The molecule has 1 aromatic heterocycles. The minimum absolute atomic E-state index is 0.0564. The second-order valence-electron chi connectivity index (χ2n) is 5.95. The molecular formula is C20H17BrN2O3S2. The van der Waals surface area contributed by atoms with Crippen molar-refractivity contribution in [1.29, 1.82) is 0 Å². The molecule has 0 aliphatic carbocycles. The van der Waals surface area contributed by atoms with Gasteiger partial charge in [-0.1, -0.05) is 18.2 Å². The van der Waals surface area contributed by atoms with E-state index < -0.39 is 10.0 Å². The first kappa shape index (κ1) is 20.3. The van der Waals surface area contributed by atoms with Crippen LogP contribution in [0.15, 0.2) is 75.4 Å². The van der Waals surface area contributed by atoms with Crippen LogP contribution in [0.3, 0.4) is 0 Å². The fourth-order valence-corrected chi connectivity index (χ4v) is 4.60. The average Bonchev–Trinajstić information content (AvgIpc) is 3.17. The van der Waals surface area contributed by atoms with Gasteiger partial charge < -0.3 is 5.32 Å². The largest absolute Gasteiger partial charge is 0.322 e. The molecule has 0 saturated carbocycles. The maximum atomic E-state index is 12.7. The molecule has 144 valence electrons. The van der Waals surface area contributed by atoms with Crippen LogP contribution < -0.4 is 10.0 Å². The molecule has 1 amide bonds. The van der Waals surface area contributed by atoms with Crippen LogP contribution in [0.5, 0.6) is 0 Å². The molecule has 2 aromatic carbocycles. The normalized spacial score (nSPS) is 11.5. The van der Waals surface area contributed by atoms with E-state index in [1.54, 1.807) is 30.3 Å². The number of benzene rings is 2. The zero-order valence-electron chi connectivity index (χ0n) is 14.8. The smallest absolute Gasteiger partial charge is 0.262 e. The summed E-state index contributed by atoms with van der Waals surface area (Å²) in [5, 5.41) is 4.60. The summed E-state index contributed by atoms with van der Waals surface area (Å²) in [6.45, 7) is 1.88. The Morgan fingerprint density at radius 2 is 1.93 bits per heavy atom. The predicted molar refractivity (Wildman–Crippen MR) is 118 cm³/mol. The van der Waals surface area contributed by atoms with Crippen LogP contribution in [-0.2, 0) is 14.8 Å². The van der Waals surface area contributed by atoms with Crippen LogP contribution in [-0.4, -0.2) is 14.3 Å². The van der Waals surface area contributed by atoms with Crippen LogP contribution in [0, 0.1) is 6.92 Å². The summed E-state index contributed by atoms with van der Waals surface area (Å²) in [6.07, 6.45) is 3.12. The van der Waals surface area contributed by atoms with E-state index in [9.17, 15) is 13.2 Å². The molecule has 3 rings (SSSR count). The predicted octanol–water partition coefficient (Wildman–Crippen LogP) is 5.27. The molecule has 0 aliphatic rings. The van der Waals surface area contributed by atoms with Gasteiger partial charge in [0, 0.05) is 21.1 Å². The van der Waals surface area contributed by atoms with Gasteiger partial charge in [0.25, 0.3) is 10.0 Å². The van der Waals surface area contributed by atoms with Crippen molar-refractivity contribution in [3.63, 3.8) is 0 Å². The Balaban J connectivity index is 1.76. The molecule has 2 N–H and O–H groups in total. The first-order chi connectivity index (χ1) is 13.3. The summed E-state index contributed by atoms with van der Waals surface area (Å²) in [5.74, 6) is -0.336. The number of hydrogen-bond acceptors (Lipinski definition) is 4. The minimum atomic E-state index is -3.81. The number of anilines is 2. The van der Waals surface area contributed by atoms with Crippen LogP contribution in [0.1, 0.15) is 10.4 Å². The zero-order valence-corrected chi connectivity index (χ0v) is 18.1. The summed E-state index contributed by atoms with van der Waals surface area (Å²) in [6, 6.07) is 15.3. The Labute approximate surface area is 176 Å². The SMILES string of the molecule is Cc1ccc(Br)c(NS(=O)(=O)c2cccc(NC(=O)/C=C/c3cccs3)c2)c1. The van der Waals surface area contributed by atoms with Crippen molar-refractivity contribution in [3.05, 3.63) is 81.0 Å². The summed E-state index contributed by atoms with van der Waals surface area (Å²) in [7, 11) is -3.81. The number of amides is 1. The van der Waals surface area contributed by atoms with Crippen LogP contribution in [0.25, 0.3) is 6.08 Å². The van der Waals surface area contributed by atoms with E-state index in [0.717, 1.165) is 10.4 Å². The van der Waals surface area contributed by atoms with Gasteiger partial charge in [-0.15, -0.1) is 11.3 Å². The maximum Gasteiger partial charge on any atom is 0.262 e. The number of carbonyl (C=O) groups excluding carboxylic acids is 1. The molecule has 0 radical (unpaired) electrons. The van der Waals surface area contributed by atoms with E-state index in [0.29, 0.717) is 15.8 Å². The number of carbonyl (C=O) groups is 1. The molecule has 0 bridgehead atoms. The van der Waals surface area contributed by atoms with Gasteiger partial charge in [-0.3, -0.25) is 9.52 Å². The molecule has 28 heavy (non-hydrogen) atoms. The van der Waals surface area contributed by atoms with E-state index in [2.05, 4.69) is 26.0 Å². The number of hydrogen-bond donors (Lipinski definition) is 2. The first-order valence-corrected chi connectivity index (χ1v) is 11.4. The van der Waals surface area contributed by atoms with Gasteiger partial charge in [0.1, 0.15) is 0 Å².